The van der Waals surface area contributed by atoms with Crippen molar-refractivity contribution in [3.05, 3.63) is 89.5 Å². The first-order valence-corrected chi connectivity index (χ1v) is 14.3. The summed E-state index contributed by atoms with van der Waals surface area (Å²) in [6, 6.07) is 12.6. The molecule has 11 N–H and O–H groups in total. The highest BCUT2D eigenvalue weighted by Gasteiger charge is 2.31. The zero-order valence-electron chi connectivity index (χ0n) is 24.8. The summed E-state index contributed by atoms with van der Waals surface area (Å²) in [7, 11) is 0. The van der Waals surface area contributed by atoms with Crippen LogP contribution in [0.3, 0.4) is 0 Å². The Morgan fingerprint density at radius 2 is 0.913 bits per heavy atom. The Bertz CT molecular complexity index is 1510. The first-order chi connectivity index (χ1) is 21.8. The van der Waals surface area contributed by atoms with Crippen LogP contribution in [0.2, 0.25) is 0 Å². The van der Waals surface area contributed by atoms with Gasteiger partial charge >= 0.3 is 5.97 Å². The van der Waals surface area contributed by atoms with Gasteiger partial charge in [0.05, 0.1) is 6.04 Å². The number of nitrogens with two attached hydrogens (primary N) is 2. The van der Waals surface area contributed by atoms with Gasteiger partial charge in [0.2, 0.25) is 23.6 Å². The highest BCUT2D eigenvalue weighted by Crippen LogP contribution is 2.15. The lowest BCUT2D eigenvalue weighted by Crippen LogP contribution is -2.58. The summed E-state index contributed by atoms with van der Waals surface area (Å²) in [5, 5.41) is 46.0. The van der Waals surface area contributed by atoms with Crippen LogP contribution in [-0.4, -0.2) is 74.2 Å². The number of carbonyl (C=O) groups is 5. The molecule has 0 spiro atoms. The molecule has 0 aromatic heterocycles. The maximum absolute atomic E-state index is 13.7. The molecule has 4 atom stereocenters. The van der Waals surface area contributed by atoms with E-state index in [4.69, 9.17) is 11.5 Å². The van der Waals surface area contributed by atoms with Crippen molar-refractivity contribution in [3.63, 3.8) is 0 Å². The van der Waals surface area contributed by atoms with Gasteiger partial charge < -0.3 is 47.8 Å². The van der Waals surface area contributed by atoms with Crippen molar-refractivity contribution in [2.24, 2.45) is 11.5 Å². The smallest absolute Gasteiger partial charge is 0.326 e. The molecule has 0 bridgehead atoms. The molecule has 0 aliphatic heterocycles. The van der Waals surface area contributed by atoms with E-state index in [0.29, 0.717) is 16.7 Å². The van der Waals surface area contributed by atoms with E-state index in [-0.39, 0.29) is 49.4 Å². The Hall–Kier alpha value is -5.63. The summed E-state index contributed by atoms with van der Waals surface area (Å²) in [6.45, 7) is 0. The Kier molecular flexibility index (Phi) is 12.5. The number of carboxylic acid groups (broad SMARTS) is 1. The molecular weight excluding hydrogens is 598 g/mol. The van der Waals surface area contributed by atoms with E-state index < -0.39 is 53.8 Å². The molecule has 0 fully saturated rings. The van der Waals surface area contributed by atoms with Crippen LogP contribution in [0.15, 0.2) is 72.8 Å². The van der Waals surface area contributed by atoms with Crippen LogP contribution in [0, 0.1) is 0 Å². The van der Waals surface area contributed by atoms with Crippen LogP contribution in [0.1, 0.15) is 29.5 Å². The van der Waals surface area contributed by atoms with Crippen LogP contribution in [0.5, 0.6) is 17.2 Å². The first kappa shape index (κ1) is 34.9. The van der Waals surface area contributed by atoms with Gasteiger partial charge in [-0.05, 0) is 65.9 Å². The zero-order valence-corrected chi connectivity index (χ0v) is 24.8. The number of aliphatic carboxylic acids is 1. The number of phenols is 3. The molecule has 0 aliphatic carbocycles. The van der Waals surface area contributed by atoms with Gasteiger partial charge in [-0.15, -0.1) is 0 Å². The fourth-order valence-corrected chi connectivity index (χ4v) is 4.50. The first-order valence-electron chi connectivity index (χ1n) is 14.3. The predicted molar refractivity (Wildman–Crippen MR) is 165 cm³/mol. The number of amides is 4. The summed E-state index contributed by atoms with van der Waals surface area (Å²) in [5.41, 5.74) is 13.0. The van der Waals surface area contributed by atoms with Gasteiger partial charge in [-0.3, -0.25) is 19.2 Å². The summed E-state index contributed by atoms with van der Waals surface area (Å²) >= 11 is 0. The Labute approximate surface area is 264 Å². The minimum absolute atomic E-state index is 0.0142. The number of carbonyl (C=O) groups excluding carboxylic acids is 4. The number of nitrogens with one attached hydrogen (secondary N) is 3. The minimum atomic E-state index is -1.48. The molecule has 46 heavy (non-hydrogen) atoms. The topological polar surface area (TPSA) is 254 Å². The fourth-order valence-electron chi connectivity index (χ4n) is 4.50. The summed E-state index contributed by atoms with van der Waals surface area (Å²) in [5.74, 6) is -4.52. The lowest BCUT2D eigenvalue weighted by Gasteiger charge is -2.25. The van der Waals surface area contributed by atoms with Crippen LogP contribution in [0.4, 0.5) is 0 Å². The molecule has 3 aromatic rings. The third-order valence-electron chi connectivity index (χ3n) is 7.04. The molecular formula is C32H37N5O9. The monoisotopic (exact) mass is 635 g/mol. The maximum atomic E-state index is 13.7. The van der Waals surface area contributed by atoms with E-state index in [0.717, 1.165) is 0 Å². The number of hydrogen-bond donors (Lipinski definition) is 9. The van der Waals surface area contributed by atoms with Crippen molar-refractivity contribution in [2.45, 2.75) is 56.3 Å². The molecule has 3 aromatic carbocycles. The average Bonchev–Trinajstić information content (AvgIpc) is 3.01. The Morgan fingerprint density at radius 3 is 1.28 bits per heavy atom. The maximum Gasteiger partial charge on any atom is 0.326 e. The molecule has 4 amide bonds. The van der Waals surface area contributed by atoms with E-state index in [2.05, 4.69) is 16.0 Å². The van der Waals surface area contributed by atoms with Crippen molar-refractivity contribution < 1.29 is 44.4 Å². The molecule has 0 saturated heterocycles. The Morgan fingerprint density at radius 1 is 0.565 bits per heavy atom. The van der Waals surface area contributed by atoms with Crippen LogP contribution in [-0.2, 0) is 43.2 Å². The summed E-state index contributed by atoms with van der Waals surface area (Å²) < 4.78 is 0. The van der Waals surface area contributed by atoms with E-state index in [9.17, 15) is 44.4 Å². The van der Waals surface area contributed by atoms with E-state index >= 15 is 0 Å². The van der Waals surface area contributed by atoms with Gasteiger partial charge in [0.15, 0.2) is 0 Å². The quantitative estimate of drug-likeness (QED) is 0.102. The molecule has 3 rings (SSSR count). The largest absolute Gasteiger partial charge is 0.508 e. The van der Waals surface area contributed by atoms with Crippen molar-refractivity contribution in [3.8, 4) is 17.2 Å². The van der Waals surface area contributed by atoms with Crippen molar-refractivity contribution in [1.29, 1.82) is 0 Å². The normalized spacial score (nSPS) is 13.4. The van der Waals surface area contributed by atoms with Crippen LogP contribution >= 0.6 is 0 Å². The number of hydrogen-bond acceptors (Lipinski definition) is 9. The third kappa shape index (κ3) is 11.1. The Balaban J connectivity index is 1.85. The zero-order chi connectivity index (χ0) is 33.8. The highest BCUT2D eigenvalue weighted by molar-refractivity contribution is 5.94. The van der Waals surface area contributed by atoms with Gasteiger partial charge in [0.25, 0.3) is 0 Å². The van der Waals surface area contributed by atoms with Crippen molar-refractivity contribution in [2.75, 3.05) is 0 Å². The van der Waals surface area contributed by atoms with Gasteiger partial charge in [-0.2, -0.15) is 0 Å². The standard InChI is InChI=1S/C32H37N5O9/c33-24(15-18-1-7-21(38)8-2-18)29(42)36-26(16-19-3-9-22(39)10-4-19)31(44)37-27(17-20-5-11-23(40)12-6-20)30(43)35-25(32(45)46)13-14-28(34)41/h1-12,24-27,38-40H,13-17,33H2,(H2,34,41)(H,35,43)(H,36,42)(H,37,44)(H,45,46). The molecule has 0 heterocycles. The number of aromatic hydroxyl groups is 3. The molecule has 14 nitrogen and oxygen atoms in total. The molecule has 244 valence electrons. The van der Waals surface area contributed by atoms with Crippen molar-refractivity contribution >= 4 is 29.6 Å². The lowest BCUT2D eigenvalue weighted by atomic mass is 10.0. The van der Waals surface area contributed by atoms with Crippen LogP contribution in [0.25, 0.3) is 0 Å². The summed E-state index contributed by atoms with van der Waals surface area (Å²) in [4.78, 5) is 63.3. The molecule has 4 unspecified atom stereocenters. The van der Waals surface area contributed by atoms with Gasteiger partial charge in [-0.25, -0.2) is 4.79 Å². The molecule has 0 saturated carbocycles. The van der Waals surface area contributed by atoms with E-state index in [1.165, 1.54) is 48.5 Å². The molecule has 14 heteroatoms. The number of carboxylic acids is 1. The van der Waals surface area contributed by atoms with Crippen LogP contribution < -0.4 is 27.4 Å². The predicted octanol–water partition coefficient (Wildman–Crippen LogP) is -0.0369. The minimum Gasteiger partial charge on any atom is -0.508 e. The van der Waals surface area contributed by atoms with E-state index in [1.807, 2.05) is 0 Å². The average molecular weight is 636 g/mol. The van der Waals surface area contributed by atoms with Gasteiger partial charge in [0, 0.05) is 19.3 Å². The fraction of sp³-hybridized carbons (Fsp3) is 0.281. The highest BCUT2D eigenvalue weighted by atomic mass is 16.4. The second kappa shape index (κ2) is 16.4. The summed E-state index contributed by atoms with van der Waals surface area (Å²) in [6.07, 6.45) is -0.687. The van der Waals surface area contributed by atoms with E-state index in [1.54, 1.807) is 24.3 Å². The number of benzene rings is 3. The number of primary amides is 1. The van der Waals surface area contributed by atoms with Gasteiger partial charge in [-0.1, -0.05) is 36.4 Å². The third-order valence-corrected chi connectivity index (χ3v) is 7.04. The second-order valence-electron chi connectivity index (χ2n) is 10.7. The van der Waals surface area contributed by atoms with Crippen molar-refractivity contribution in [1.82, 2.24) is 16.0 Å². The molecule has 0 aliphatic rings. The number of phenolic OH excluding ortho intramolecular Hbond substituents is 3. The van der Waals surface area contributed by atoms with Gasteiger partial charge in [0.1, 0.15) is 35.4 Å². The SMILES string of the molecule is NC(=O)CCC(NC(=O)C(Cc1ccc(O)cc1)NC(=O)C(Cc1ccc(O)cc1)NC(=O)C(N)Cc1ccc(O)cc1)C(=O)O. The lowest BCUT2D eigenvalue weighted by molar-refractivity contribution is -0.142. The second-order valence-corrected chi connectivity index (χ2v) is 10.7. The number of rotatable bonds is 16. The molecule has 0 radical (unpaired) electrons.